The van der Waals surface area contributed by atoms with Crippen molar-refractivity contribution in [2.45, 2.75) is 51.2 Å². The van der Waals surface area contributed by atoms with Gasteiger partial charge in [0, 0.05) is 41.8 Å². The number of benzene rings is 1. The summed E-state index contributed by atoms with van der Waals surface area (Å²) in [7, 11) is 0. The second-order valence-corrected chi connectivity index (χ2v) is 9.47. The molecule has 7 nitrogen and oxygen atoms in total. The number of nitrogens with one attached hydrogen (secondary N) is 1. The van der Waals surface area contributed by atoms with Gasteiger partial charge in [-0.3, -0.25) is 19.5 Å². The van der Waals surface area contributed by atoms with Crippen molar-refractivity contribution in [3.05, 3.63) is 70.3 Å². The molecule has 3 saturated heterocycles. The molecule has 33 heavy (non-hydrogen) atoms. The fraction of sp³-hybridized carbons (Fsp3) is 0.423. The first-order chi connectivity index (χ1) is 16.0. The van der Waals surface area contributed by atoms with E-state index in [0.717, 1.165) is 38.0 Å². The second kappa shape index (κ2) is 8.63. The summed E-state index contributed by atoms with van der Waals surface area (Å²) >= 11 is 0. The van der Waals surface area contributed by atoms with E-state index >= 15 is 0 Å². The van der Waals surface area contributed by atoms with Crippen molar-refractivity contribution in [1.82, 2.24) is 19.8 Å². The first-order valence-corrected chi connectivity index (χ1v) is 11.8. The van der Waals surface area contributed by atoms with E-state index in [1.807, 2.05) is 38.1 Å². The fourth-order valence-corrected chi connectivity index (χ4v) is 5.65. The summed E-state index contributed by atoms with van der Waals surface area (Å²) in [4.78, 5) is 33.8. The van der Waals surface area contributed by atoms with Crippen LogP contribution in [0.2, 0.25) is 0 Å². The molecular formula is C26H30N4O3. The van der Waals surface area contributed by atoms with E-state index in [1.54, 1.807) is 29.0 Å². The number of pyridine rings is 2. The van der Waals surface area contributed by atoms with Crippen molar-refractivity contribution < 1.29 is 9.90 Å². The predicted molar refractivity (Wildman–Crippen MR) is 128 cm³/mol. The molecule has 1 aromatic carbocycles. The molecule has 0 aliphatic carbocycles. The Labute approximate surface area is 193 Å². The lowest BCUT2D eigenvalue weighted by atomic mass is 9.77. The molecule has 3 aromatic rings. The van der Waals surface area contributed by atoms with Gasteiger partial charge >= 0.3 is 0 Å². The van der Waals surface area contributed by atoms with Gasteiger partial charge in [-0.2, -0.15) is 0 Å². The molecule has 3 aliphatic heterocycles. The third-order valence-corrected chi connectivity index (χ3v) is 7.24. The van der Waals surface area contributed by atoms with Crippen LogP contribution in [0.5, 0.6) is 5.75 Å². The molecule has 3 aliphatic rings. The van der Waals surface area contributed by atoms with Crippen LogP contribution in [-0.4, -0.2) is 50.6 Å². The molecule has 3 fully saturated rings. The summed E-state index contributed by atoms with van der Waals surface area (Å²) in [6.45, 7) is 5.83. The number of hydrogen-bond donors (Lipinski definition) is 2. The molecule has 2 N–H and O–H groups in total. The van der Waals surface area contributed by atoms with Crippen molar-refractivity contribution in [2.75, 3.05) is 13.1 Å². The largest absolute Gasteiger partial charge is 0.506 e. The monoisotopic (exact) mass is 446 g/mol. The highest BCUT2D eigenvalue weighted by molar-refractivity contribution is 6.02. The van der Waals surface area contributed by atoms with Gasteiger partial charge in [-0.15, -0.1) is 0 Å². The molecule has 2 aromatic heterocycles. The Kier molecular flexibility index (Phi) is 5.66. The van der Waals surface area contributed by atoms with Crippen molar-refractivity contribution in [3.63, 3.8) is 0 Å². The van der Waals surface area contributed by atoms with Gasteiger partial charge in [0.25, 0.3) is 11.5 Å². The molecule has 2 atom stereocenters. The van der Waals surface area contributed by atoms with Gasteiger partial charge in [0.1, 0.15) is 11.3 Å². The Morgan fingerprint density at radius 3 is 2.58 bits per heavy atom. The number of carbonyl (C=O) groups excluding carboxylic acids is 1. The van der Waals surface area contributed by atoms with Gasteiger partial charge < -0.3 is 15.0 Å². The van der Waals surface area contributed by atoms with Crippen LogP contribution in [0.3, 0.4) is 0 Å². The Bertz CT molecular complexity index is 1230. The molecule has 0 spiro atoms. The summed E-state index contributed by atoms with van der Waals surface area (Å²) in [6.07, 6.45) is 4.57. The highest BCUT2D eigenvalue weighted by Gasteiger charge is 2.43. The Balaban J connectivity index is 1.51. The van der Waals surface area contributed by atoms with E-state index in [9.17, 15) is 14.7 Å². The SMILES string of the molecule is CC(C)n1c(=O)c(C(=O)NC2C3CCN(CC3)C2Cc2ccccn2)c(O)c2ccccc21. The molecule has 5 heterocycles. The molecule has 2 unspecified atom stereocenters. The van der Waals surface area contributed by atoms with Crippen LogP contribution in [0.4, 0.5) is 0 Å². The van der Waals surface area contributed by atoms with E-state index in [-0.39, 0.29) is 29.4 Å². The Morgan fingerprint density at radius 1 is 1.15 bits per heavy atom. The van der Waals surface area contributed by atoms with Crippen molar-refractivity contribution in [2.24, 2.45) is 5.92 Å². The molecule has 0 saturated carbocycles. The minimum Gasteiger partial charge on any atom is -0.506 e. The van der Waals surface area contributed by atoms with Gasteiger partial charge in [0.05, 0.1) is 5.52 Å². The quantitative estimate of drug-likeness (QED) is 0.629. The number of rotatable bonds is 5. The van der Waals surface area contributed by atoms with Crippen LogP contribution in [0.15, 0.2) is 53.5 Å². The van der Waals surface area contributed by atoms with Gasteiger partial charge in [-0.05, 0) is 70.0 Å². The number of fused-ring (bicyclic) bond motifs is 4. The maximum atomic E-state index is 13.5. The Morgan fingerprint density at radius 2 is 1.88 bits per heavy atom. The summed E-state index contributed by atoms with van der Waals surface area (Å²) in [5, 5.41) is 14.7. The van der Waals surface area contributed by atoms with E-state index in [4.69, 9.17) is 0 Å². The van der Waals surface area contributed by atoms with Gasteiger partial charge in [-0.25, -0.2) is 0 Å². The summed E-state index contributed by atoms with van der Waals surface area (Å²) < 4.78 is 1.59. The van der Waals surface area contributed by atoms with Gasteiger partial charge in [0.15, 0.2) is 0 Å². The lowest BCUT2D eigenvalue weighted by Crippen LogP contribution is -2.64. The fourth-order valence-electron chi connectivity index (χ4n) is 5.65. The number of aromatic hydroxyl groups is 1. The highest BCUT2D eigenvalue weighted by Crippen LogP contribution is 2.34. The van der Waals surface area contributed by atoms with Crippen LogP contribution >= 0.6 is 0 Å². The molecule has 2 bridgehead atoms. The number of nitrogens with zero attached hydrogens (tertiary/aromatic N) is 3. The average Bonchev–Trinajstić information content (AvgIpc) is 2.82. The zero-order valence-corrected chi connectivity index (χ0v) is 19.1. The second-order valence-electron chi connectivity index (χ2n) is 9.47. The third-order valence-electron chi connectivity index (χ3n) is 7.24. The smallest absolute Gasteiger partial charge is 0.267 e. The zero-order valence-electron chi connectivity index (χ0n) is 19.1. The number of aromatic nitrogens is 2. The van der Waals surface area contributed by atoms with Crippen LogP contribution in [0, 0.1) is 5.92 Å². The van der Waals surface area contributed by atoms with E-state index in [0.29, 0.717) is 16.8 Å². The summed E-state index contributed by atoms with van der Waals surface area (Å²) in [5.41, 5.74) is 0.990. The molecule has 1 amide bonds. The van der Waals surface area contributed by atoms with Crippen molar-refractivity contribution in [3.8, 4) is 5.75 Å². The topological polar surface area (TPSA) is 87.5 Å². The maximum Gasteiger partial charge on any atom is 0.267 e. The standard InChI is InChI=1S/C26H30N4O3/c1-16(2)30-20-9-4-3-8-19(20)24(31)22(26(30)33)25(32)28-23-17-10-13-29(14-11-17)21(23)15-18-7-5-6-12-27-18/h3-9,12,16-17,21,23,31H,10-11,13-15H2,1-2H3,(H,28,32). The number of piperidine rings is 3. The van der Waals surface area contributed by atoms with Crippen molar-refractivity contribution >= 4 is 16.8 Å². The normalized spacial score (nSPS) is 24.3. The van der Waals surface area contributed by atoms with Crippen LogP contribution in [-0.2, 0) is 6.42 Å². The average molecular weight is 447 g/mol. The number of carbonyl (C=O) groups is 1. The maximum absolute atomic E-state index is 13.5. The summed E-state index contributed by atoms with van der Waals surface area (Å²) in [5.74, 6) is -0.391. The lowest BCUT2D eigenvalue weighted by molar-refractivity contribution is 0.0131. The lowest BCUT2D eigenvalue weighted by Gasteiger charge is -2.51. The van der Waals surface area contributed by atoms with E-state index in [2.05, 4.69) is 15.2 Å². The van der Waals surface area contributed by atoms with Crippen LogP contribution in [0.1, 0.15) is 48.8 Å². The predicted octanol–water partition coefficient (Wildman–Crippen LogP) is 3.12. The van der Waals surface area contributed by atoms with E-state index < -0.39 is 11.5 Å². The minimum absolute atomic E-state index is 0.0974. The molecule has 6 rings (SSSR count). The summed E-state index contributed by atoms with van der Waals surface area (Å²) in [6, 6.07) is 12.9. The van der Waals surface area contributed by atoms with Gasteiger partial charge in [0.2, 0.25) is 0 Å². The van der Waals surface area contributed by atoms with Crippen LogP contribution in [0.25, 0.3) is 10.9 Å². The third kappa shape index (κ3) is 3.80. The first-order valence-electron chi connectivity index (χ1n) is 11.8. The molecular weight excluding hydrogens is 416 g/mol. The molecule has 7 heteroatoms. The molecule has 172 valence electrons. The molecule has 0 radical (unpaired) electrons. The minimum atomic E-state index is -0.498. The Hall–Kier alpha value is -3.19. The van der Waals surface area contributed by atoms with E-state index in [1.165, 1.54) is 0 Å². The number of hydrogen-bond acceptors (Lipinski definition) is 5. The van der Waals surface area contributed by atoms with Crippen molar-refractivity contribution in [1.29, 1.82) is 0 Å². The number of amides is 1. The zero-order chi connectivity index (χ0) is 23.1. The van der Waals surface area contributed by atoms with Crippen LogP contribution < -0.4 is 10.9 Å². The highest BCUT2D eigenvalue weighted by atomic mass is 16.3. The van der Waals surface area contributed by atoms with Gasteiger partial charge in [-0.1, -0.05) is 18.2 Å². The first kappa shape index (κ1) is 21.6. The number of para-hydroxylation sites is 1.